The topological polar surface area (TPSA) is 62.2 Å². The molecule has 0 radical (unpaired) electrons. The van der Waals surface area contributed by atoms with Gasteiger partial charge in [-0.25, -0.2) is 9.07 Å². The van der Waals surface area contributed by atoms with Crippen molar-refractivity contribution in [3.05, 3.63) is 82.9 Å². The number of halogens is 4. The minimum Gasteiger partial charge on any atom is -0.342 e. The highest BCUT2D eigenvalue weighted by Crippen LogP contribution is 2.30. The Morgan fingerprint density at radius 1 is 1.17 bits per heavy atom. The first kappa shape index (κ1) is 24.9. The van der Waals surface area contributed by atoms with E-state index in [0.717, 1.165) is 37.0 Å². The van der Waals surface area contributed by atoms with Gasteiger partial charge in [-0.15, -0.1) is 0 Å². The van der Waals surface area contributed by atoms with E-state index in [2.05, 4.69) is 16.0 Å². The van der Waals surface area contributed by atoms with E-state index in [1.807, 2.05) is 6.07 Å². The Balaban J connectivity index is 1.32. The molecule has 10 heteroatoms. The summed E-state index contributed by atoms with van der Waals surface area (Å²) in [6.07, 6.45) is -0.696. The van der Waals surface area contributed by atoms with Gasteiger partial charge in [-0.05, 0) is 62.1 Å². The van der Waals surface area contributed by atoms with Crippen LogP contribution in [0.2, 0.25) is 0 Å². The normalized spacial score (nSPS) is 18.1. The zero-order chi connectivity index (χ0) is 25.2. The Morgan fingerprint density at radius 3 is 2.69 bits per heavy atom. The van der Waals surface area contributed by atoms with Gasteiger partial charge in [0.15, 0.2) is 0 Å². The SMILES string of the molecule is Cc1c(C(=O)N(C)CCCC2CC(c3cccc(F)c3)NN2)cnn1-c1cccc(C(F)(F)F)c1. The fourth-order valence-corrected chi connectivity index (χ4v) is 4.33. The Bertz CT molecular complexity index is 1190. The summed E-state index contributed by atoms with van der Waals surface area (Å²) in [6.45, 7) is 2.17. The lowest BCUT2D eigenvalue weighted by molar-refractivity contribution is -0.137. The molecule has 1 aliphatic rings. The zero-order valence-electron chi connectivity index (χ0n) is 19.4. The number of amides is 1. The van der Waals surface area contributed by atoms with Crippen molar-refractivity contribution in [2.75, 3.05) is 13.6 Å². The average molecular weight is 490 g/mol. The van der Waals surface area contributed by atoms with Crippen LogP contribution in [0.5, 0.6) is 0 Å². The molecule has 2 atom stereocenters. The molecule has 1 amide bonds. The Morgan fingerprint density at radius 2 is 1.94 bits per heavy atom. The number of hydrogen-bond acceptors (Lipinski definition) is 4. The van der Waals surface area contributed by atoms with Crippen molar-refractivity contribution in [1.82, 2.24) is 25.5 Å². The van der Waals surface area contributed by atoms with Crippen molar-refractivity contribution >= 4 is 5.91 Å². The van der Waals surface area contributed by atoms with Crippen molar-refractivity contribution in [2.45, 2.75) is 44.4 Å². The molecule has 2 N–H and O–H groups in total. The van der Waals surface area contributed by atoms with E-state index in [9.17, 15) is 22.4 Å². The van der Waals surface area contributed by atoms with Crippen LogP contribution in [-0.4, -0.2) is 40.2 Å². The number of nitrogens with zero attached hydrogens (tertiary/aromatic N) is 3. The lowest BCUT2D eigenvalue weighted by Gasteiger charge is -2.18. The lowest BCUT2D eigenvalue weighted by Crippen LogP contribution is -2.32. The molecule has 0 saturated carbocycles. The van der Waals surface area contributed by atoms with Crippen molar-refractivity contribution in [3.8, 4) is 5.69 Å². The van der Waals surface area contributed by atoms with Gasteiger partial charge < -0.3 is 4.90 Å². The van der Waals surface area contributed by atoms with Gasteiger partial charge in [0.25, 0.3) is 5.91 Å². The van der Waals surface area contributed by atoms with Crippen molar-refractivity contribution in [2.24, 2.45) is 0 Å². The first-order chi connectivity index (χ1) is 16.6. The summed E-state index contributed by atoms with van der Waals surface area (Å²) < 4.78 is 54.0. The van der Waals surface area contributed by atoms with Gasteiger partial charge in [-0.3, -0.25) is 15.6 Å². The molecule has 6 nitrogen and oxygen atoms in total. The van der Waals surface area contributed by atoms with E-state index in [-0.39, 0.29) is 29.5 Å². The van der Waals surface area contributed by atoms with Gasteiger partial charge >= 0.3 is 6.18 Å². The third kappa shape index (κ3) is 5.71. The van der Waals surface area contributed by atoms with Crippen LogP contribution in [0.15, 0.2) is 54.7 Å². The molecule has 35 heavy (non-hydrogen) atoms. The number of carbonyl (C=O) groups is 1. The maximum atomic E-state index is 13.5. The quantitative estimate of drug-likeness (QED) is 0.468. The molecule has 0 spiro atoms. The second kappa shape index (κ2) is 10.2. The van der Waals surface area contributed by atoms with Crippen LogP contribution < -0.4 is 10.9 Å². The molecule has 1 fully saturated rings. The predicted molar refractivity (Wildman–Crippen MR) is 123 cm³/mol. The van der Waals surface area contributed by atoms with E-state index in [4.69, 9.17) is 0 Å². The summed E-state index contributed by atoms with van der Waals surface area (Å²) in [5.41, 5.74) is 7.61. The van der Waals surface area contributed by atoms with Gasteiger partial charge in [0.2, 0.25) is 0 Å². The maximum absolute atomic E-state index is 13.5. The number of alkyl halides is 3. The van der Waals surface area contributed by atoms with Crippen LogP contribution in [0.4, 0.5) is 17.6 Å². The summed E-state index contributed by atoms with van der Waals surface area (Å²) in [4.78, 5) is 14.6. The van der Waals surface area contributed by atoms with E-state index >= 15 is 0 Å². The van der Waals surface area contributed by atoms with E-state index < -0.39 is 11.7 Å². The molecule has 4 rings (SSSR count). The van der Waals surface area contributed by atoms with Crippen LogP contribution in [0, 0.1) is 12.7 Å². The van der Waals surface area contributed by atoms with Gasteiger partial charge in [0.05, 0.1) is 28.7 Å². The molecule has 1 aromatic heterocycles. The highest BCUT2D eigenvalue weighted by Gasteiger charge is 2.31. The predicted octanol–water partition coefficient (Wildman–Crippen LogP) is 4.80. The van der Waals surface area contributed by atoms with E-state index in [1.165, 1.54) is 35.1 Å². The Labute approximate surface area is 200 Å². The third-order valence-electron chi connectivity index (χ3n) is 6.28. The second-order valence-corrected chi connectivity index (χ2v) is 8.80. The summed E-state index contributed by atoms with van der Waals surface area (Å²) >= 11 is 0. The standard InChI is InChI=1S/C25H27F4N5O/c1-16-22(15-30-34(16)21-10-4-7-18(13-21)25(27,28)29)24(35)33(2)11-5-9-20-14-23(32-31-20)17-6-3-8-19(26)12-17/h3-4,6-8,10,12-13,15,20,23,31-32H,5,9,11,14H2,1-2H3. The van der Waals surface area contributed by atoms with Gasteiger partial charge in [-0.2, -0.15) is 18.3 Å². The van der Waals surface area contributed by atoms with Gasteiger partial charge in [0, 0.05) is 25.7 Å². The minimum absolute atomic E-state index is 0.0272. The number of hydrogen-bond donors (Lipinski definition) is 2. The number of aromatic nitrogens is 2. The van der Waals surface area contributed by atoms with Crippen molar-refractivity contribution in [3.63, 3.8) is 0 Å². The van der Waals surface area contributed by atoms with E-state index in [1.54, 1.807) is 24.9 Å². The molecule has 1 saturated heterocycles. The first-order valence-electron chi connectivity index (χ1n) is 11.4. The molecule has 2 aromatic carbocycles. The molecule has 186 valence electrons. The van der Waals surface area contributed by atoms with E-state index in [0.29, 0.717) is 17.8 Å². The average Bonchev–Trinajstić information content (AvgIpc) is 3.45. The highest BCUT2D eigenvalue weighted by atomic mass is 19.4. The lowest BCUT2D eigenvalue weighted by atomic mass is 9.99. The smallest absolute Gasteiger partial charge is 0.342 e. The monoisotopic (exact) mass is 489 g/mol. The van der Waals surface area contributed by atoms with Crippen LogP contribution in [0.3, 0.4) is 0 Å². The van der Waals surface area contributed by atoms with Gasteiger partial charge in [0.1, 0.15) is 5.82 Å². The molecule has 0 aliphatic carbocycles. The Kier molecular flexibility index (Phi) is 7.23. The van der Waals surface area contributed by atoms with Crippen LogP contribution in [-0.2, 0) is 6.18 Å². The molecule has 3 aromatic rings. The highest BCUT2D eigenvalue weighted by molar-refractivity contribution is 5.95. The zero-order valence-corrected chi connectivity index (χ0v) is 19.4. The second-order valence-electron chi connectivity index (χ2n) is 8.80. The Hall–Kier alpha value is -3.24. The summed E-state index contributed by atoms with van der Waals surface area (Å²) in [7, 11) is 1.69. The molecule has 0 bridgehead atoms. The molecule has 2 heterocycles. The number of hydrazine groups is 1. The van der Waals surface area contributed by atoms with Gasteiger partial charge in [-0.1, -0.05) is 18.2 Å². The molecule has 1 aliphatic heterocycles. The van der Waals surface area contributed by atoms with Crippen molar-refractivity contribution in [1.29, 1.82) is 0 Å². The van der Waals surface area contributed by atoms with Crippen LogP contribution in [0.1, 0.15) is 52.5 Å². The number of benzene rings is 2. The first-order valence-corrected chi connectivity index (χ1v) is 11.4. The summed E-state index contributed by atoms with van der Waals surface area (Å²) in [6, 6.07) is 11.6. The van der Waals surface area contributed by atoms with Crippen LogP contribution >= 0.6 is 0 Å². The van der Waals surface area contributed by atoms with Crippen LogP contribution in [0.25, 0.3) is 5.69 Å². The molecule has 2 unspecified atom stereocenters. The fourth-order valence-electron chi connectivity index (χ4n) is 4.33. The molecular weight excluding hydrogens is 462 g/mol. The third-order valence-corrected chi connectivity index (χ3v) is 6.28. The summed E-state index contributed by atoms with van der Waals surface area (Å²) in [5, 5.41) is 4.16. The number of rotatable bonds is 7. The maximum Gasteiger partial charge on any atom is 0.416 e. The number of carbonyl (C=O) groups excluding carboxylic acids is 1. The van der Waals surface area contributed by atoms with Crippen molar-refractivity contribution < 1.29 is 22.4 Å². The minimum atomic E-state index is -4.46. The summed E-state index contributed by atoms with van der Waals surface area (Å²) in [5.74, 6) is -0.504. The molecular formula is C25H27F4N5O. The fraction of sp³-hybridized carbons (Fsp3) is 0.360. The largest absolute Gasteiger partial charge is 0.416 e. The number of nitrogens with one attached hydrogen (secondary N) is 2.